The standard InChI is InChI=1S/C25H32O4/c1-3-5-6-20-9-13-22(14-10-20)24-28-17-25(18-29-24)15-26-23(27-16-25)21-11-7-19(4-2)8-12-21/h7-14,23-24H,3-6,15-18H2,1-2H3. The highest BCUT2D eigenvalue weighted by molar-refractivity contribution is 5.24. The summed E-state index contributed by atoms with van der Waals surface area (Å²) in [5.41, 5.74) is 4.61. The highest BCUT2D eigenvalue weighted by atomic mass is 16.7. The van der Waals surface area contributed by atoms with Crippen molar-refractivity contribution in [2.45, 2.75) is 52.1 Å². The second kappa shape index (κ2) is 9.40. The van der Waals surface area contributed by atoms with Crippen LogP contribution in [0.5, 0.6) is 0 Å². The Morgan fingerprint density at radius 1 is 0.690 bits per heavy atom. The second-order valence-electron chi connectivity index (χ2n) is 8.35. The monoisotopic (exact) mass is 396 g/mol. The van der Waals surface area contributed by atoms with Crippen LogP contribution in [-0.4, -0.2) is 26.4 Å². The molecule has 0 aliphatic carbocycles. The molecular formula is C25H32O4. The quantitative estimate of drug-likeness (QED) is 0.658. The SMILES string of the molecule is CCCCc1ccc(C2OCC3(COC(c4ccc(CC)cc4)OC3)CO2)cc1. The van der Waals surface area contributed by atoms with E-state index in [4.69, 9.17) is 18.9 Å². The fraction of sp³-hybridized carbons (Fsp3) is 0.520. The third-order valence-corrected chi connectivity index (χ3v) is 5.89. The molecule has 29 heavy (non-hydrogen) atoms. The second-order valence-corrected chi connectivity index (χ2v) is 8.35. The maximum atomic E-state index is 6.07. The molecule has 0 unspecified atom stereocenters. The molecule has 1 spiro atoms. The molecule has 2 aromatic carbocycles. The highest BCUT2D eigenvalue weighted by Crippen LogP contribution is 2.38. The van der Waals surface area contributed by atoms with Crippen molar-refractivity contribution in [3.05, 3.63) is 70.8 Å². The van der Waals surface area contributed by atoms with Crippen molar-refractivity contribution in [3.8, 4) is 0 Å². The van der Waals surface area contributed by atoms with Crippen LogP contribution in [-0.2, 0) is 31.8 Å². The number of hydrogen-bond acceptors (Lipinski definition) is 4. The first-order valence-corrected chi connectivity index (χ1v) is 10.9. The average molecular weight is 397 g/mol. The van der Waals surface area contributed by atoms with Crippen molar-refractivity contribution in [2.75, 3.05) is 26.4 Å². The molecule has 0 atom stereocenters. The van der Waals surface area contributed by atoms with Crippen molar-refractivity contribution < 1.29 is 18.9 Å². The molecule has 156 valence electrons. The third kappa shape index (κ3) is 4.89. The molecule has 2 saturated heterocycles. The highest BCUT2D eigenvalue weighted by Gasteiger charge is 2.42. The molecule has 0 aromatic heterocycles. The summed E-state index contributed by atoms with van der Waals surface area (Å²) in [6.45, 7) is 6.69. The minimum Gasteiger partial charge on any atom is -0.348 e. The van der Waals surface area contributed by atoms with E-state index in [0.717, 1.165) is 24.0 Å². The zero-order valence-corrected chi connectivity index (χ0v) is 17.6. The predicted molar refractivity (Wildman–Crippen MR) is 113 cm³/mol. The smallest absolute Gasteiger partial charge is 0.183 e. The van der Waals surface area contributed by atoms with Gasteiger partial charge in [0.15, 0.2) is 12.6 Å². The van der Waals surface area contributed by atoms with Gasteiger partial charge in [-0.2, -0.15) is 0 Å². The van der Waals surface area contributed by atoms with Crippen molar-refractivity contribution >= 4 is 0 Å². The van der Waals surface area contributed by atoms with Crippen LogP contribution in [0, 0.1) is 5.41 Å². The largest absolute Gasteiger partial charge is 0.348 e. The Morgan fingerprint density at radius 3 is 1.55 bits per heavy atom. The van der Waals surface area contributed by atoms with E-state index in [1.807, 2.05) is 0 Å². The van der Waals surface area contributed by atoms with Crippen LogP contribution in [0.1, 0.15) is 61.5 Å². The van der Waals surface area contributed by atoms with Crippen LogP contribution in [0.2, 0.25) is 0 Å². The van der Waals surface area contributed by atoms with Crippen molar-refractivity contribution in [2.24, 2.45) is 5.41 Å². The lowest BCUT2D eigenvalue weighted by Gasteiger charge is -2.43. The molecule has 0 N–H and O–H groups in total. The third-order valence-electron chi connectivity index (χ3n) is 5.89. The van der Waals surface area contributed by atoms with Crippen LogP contribution in [0.4, 0.5) is 0 Å². The summed E-state index contributed by atoms with van der Waals surface area (Å²) >= 11 is 0. The number of rotatable bonds is 6. The van der Waals surface area contributed by atoms with Gasteiger partial charge in [0.1, 0.15) is 0 Å². The Bertz CT molecular complexity index is 750. The first-order valence-electron chi connectivity index (χ1n) is 10.9. The lowest BCUT2D eigenvalue weighted by Crippen LogP contribution is -2.49. The van der Waals surface area contributed by atoms with E-state index in [9.17, 15) is 0 Å². The molecule has 2 aliphatic rings. The minimum atomic E-state index is -0.306. The van der Waals surface area contributed by atoms with Gasteiger partial charge in [0, 0.05) is 11.1 Å². The van der Waals surface area contributed by atoms with Gasteiger partial charge in [-0.3, -0.25) is 0 Å². The Balaban J connectivity index is 1.29. The van der Waals surface area contributed by atoms with Gasteiger partial charge in [0.2, 0.25) is 0 Å². The van der Waals surface area contributed by atoms with Crippen LogP contribution >= 0.6 is 0 Å². The maximum Gasteiger partial charge on any atom is 0.183 e. The van der Waals surface area contributed by atoms with E-state index in [2.05, 4.69) is 62.4 Å². The van der Waals surface area contributed by atoms with Gasteiger partial charge in [-0.05, 0) is 30.4 Å². The number of hydrogen-bond donors (Lipinski definition) is 0. The Kier molecular flexibility index (Phi) is 6.66. The van der Waals surface area contributed by atoms with Gasteiger partial charge >= 0.3 is 0 Å². The molecule has 2 fully saturated rings. The first kappa shape index (κ1) is 20.5. The fourth-order valence-electron chi connectivity index (χ4n) is 3.87. The van der Waals surface area contributed by atoms with Crippen LogP contribution in [0.3, 0.4) is 0 Å². The van der Waals surface area contributed by atoms with Gasteiger partial charge in [-0.1, -0.05) is 68.8 Å². The number of ether oxygens (including phenoxy) is 4. The zero-order valence-electron chi connectivity index (χ0n) is 17.6. The molecule has 2 aromatic rings. The fourth-order valence-corrected chi connectivity index (χ4v) is 3.87. The van der Waals surface area contributed by atoms with Gasteiger partial charge < -0.3 is 18.9 Å². The molecule has 0 radical (unpaired) electrons. The molecule has 4 rings (SSSR count). The summed E-state index contributed by atoms with van der Waals surface area (Å²) in [4.78, 5) is 0. The van der Waals surface area contributed by atoms with E-state index in [1.54, 1.807) is 0 Å². The predicted octanol–water partition coefficient (Wildman–Crippen LogP) is 5.37. The summed E-state index contributed by atoms with van der Waals surface area (Å²) in [6.07, 6.45) is 3.99. The first-order chi connectivity index (χ1) is 14.2. The van der Waals surface area contributed by atoms with Crippen LogP contribution in [0.15, 0.2) is 48.5 Å². The summed E-state index contributed by atoms with van der Waals surface area (Å²) in [5, 5.41) is 0. The van der Waals surface area contributed by atoms with E-state index in [1.165, 1.54) is 24.0 Å². The van der Waals surface area contributed by atoms with Gasteiger partial charge in [0.25, 0.3) is 0 Å². The summed E-state index contributed by atoms with van der Waals surface area (Å²) in [7, 11) is 0. The van der Waals surface area contributed by atoms with E-state index < -0.39 is 0 Å². The van der Waals surface area contributed by atoms with E-state index >= 15 is 0 Å². The molecule has 0 saturated carbocycles. The summed E-state index contributed by atoms with van der Waals surface area (Å²) in [5.74, 6) is 0. The lowest BCUT2D eigenvalue weighted by atomic mass is 9.90. The van der Waals surface area contributed by atoms with Gasteiger partial charge in [0.05, 0.1) is 31.8 Å². The molecular weight excluding hydrogens is 364 g/mol. The molecule has 2 heterocycles. The molecule has 0 bridgehead atoms. The van der Waals surface area contributed by atoms with E-state index in [0.29, 0.717) is 26.4 Å². The Labute approximate surface area is 174 Å². The Morgan fingerprint density at radius 2 is 1.14 bits per heavy atom. The van der Waals surface area contributed by atoms with Crippen molar-refractivity contribution in [1.29, 1.82) is 0 Å². The van der Waals surface area contributed by atoms with Crippen LogP contribution in [0.25, 0.3) is 0 Å². The summed E-state index contributed by atoms with van der Waals surface area (Å²) in [6, 6.07) is 17.1. The number of benzene rings is 2. The van der Waals surface area contributed by atoms with Crippen molar-refractivity contribution in [3.63, 3.8) is 0 Å². The van der Waals surface area contributed by atoms with E-state index in [-0.39, 0.29) is 18.0 Å². The topological polar surface area (TPSA) is 36.9 Å². The Hall–Kier alpha value is -1.72. The minimum absolute atomic E-state index is 0.225. The average Bonchev–Trinajstić information content (AvgIpc) is 2.79. The lowest BCUT2D eigenvalue weighted by molar-refractivity contribution is -0.307. The van der Waals surface area contributed by atoms with Gasteiger partial charge in [-0.15, -0.1) is 0 Å². The zero-order chi connectivity index (χ0) is 20.1. The van der Waals surface area contributed by atoms with Gasteiger partial charge in [-0.25, -0.2) is 0 Å². The number of unbranched alkanes of at least 4 members (excludes halogenated alkanes) is 1. The number of aryl methyl sites for hydroxylation is 2. The normalized spacial score (nSPS) is 27.2. The molecule has 4 heteroatoms. The molecule has 0 amide bonds. The molecule has 2 aliphatic heterocycles. The van der Waals surface area contributed by atoms with Crippen LogP contribution < -0.4 is 0 Å². The summed E-state index contributed by atoms with van der Waals surface area (Å²) < 4.78 is 24.2. The molecule has 4 nitrogen and oxygen atoms in total. The maximum absolute atomic E-state index is 6.07. The van der Waals surface area contributed by atoms with Crippen molar-refractivity contribution in [1.82, 2.24) is 0 Å².